The van der Waals surface area contributed by atoms with Gasteiger partial charge < -0.3 is 10.6 Å². The van der Waals surface area contributed by atoms with Crippen molar-refractivity contribution in [1.82, 2.24) is 9.88 Å². The van der Waals surface area contributed by atoms with Gasteiger partial charge in [-0.1, -0.05) is 13.8 Å². The summed E-state index contributed by atoms with van der Waals surface area (Å²) in [5.41, 5.74) is 6.77. The Hall–Kier alpha value is -1.21. The first-order valence-corrected chi connectivity index (χ1v) is 7.87. The highest BCUT2D eigenvalue weighted by atomic mass is 35.5. The number of carbonyl (C=O) groups is 1. The highest BCUT2D eigenvalue weighted by Crippen LogP contribution is 2.25. The van der Waals surface area contributed by atoms with Crippen LogP contribution in [0.4, 0.5) is 4.39 Å². The average molecular weight is 394 g/mol. The molecule has 24 heavy (non-hydrogen) atoms. The van der Waals surface area contributed by atoms with Crippen LogP contribution in [0.3, 0.4) is 0 Å². The van der Waals surface area contributed by atoms with Crippen molar-refractivity contribution in [3.05, 3.63) is 41.2 Å². The lowest BCUT2D eigenvalue weighted by atomic mass is 9.93. The second kappa shape index (κ2) is 9.32. The first-order chi connectivity index (χ1) is 10.3. The molecular weight excluding hydrogens is 372 g/mol. The number of thiazole rings is 1. The minimum Gasteiger partial charge on any atom is -0.340 e. The fourth-order valence-electron chi connectivity index (χ4n) is 2.07. The topological polar surface area (TPSA) is 59.2 Å². The number of rotatable bonds is 5. The van der Waals surface area contributed by atoms with Crippen molar-refractivity contribution in [2.24, 2.45) is 11.1 Å². The normalized spacial score (nSPS) is 10.5. The standard InChI is InChI=1S/C16H20FN3OS.2ClH/c1-16(2,9-18)10-20(3)15(21)13-8-22-14(19-13)11-4-6-12(17)7-5-11;;/h4-8H,9-10,18H2,1-3H3;2*1H. The Labute approximate surface area is 158 Å². The summed E-state index contributed by atoms with van der Waals surface area (Å²) in [6.45, 7) is 5.10. The van der Waals surface area contributed by atoms with Crippen molar-refractivity contribution in [2.75, 3.05) is 20.1 Å². The predicted octanol–water partition coefficient (Wildman–Crippen LogP) is 3.85. The van der Waals surface area contributed by atoms with Crippen molar-refractivity contribution in [1.29, 1.82) is 0 Å². The second-order valence-electron chi connectivity index (χ2n) is 6.07. The highest BCUT2D eigenvalue weighted by Gasteiger charge is 2.23. The van der Waals surface area contributed by atoms with Gasteiger partial charge in [0.2, 0.25) is 0 Å². The Morgan fingerprint density at radius 1 is 1.29 bits per heavy atom. The van der Waals surface area contributed by atoms with Gasteiger partial charge in [-0.15, -0.1) is 36.2 Å². The third kappa shape index (κ3) is 5.70. The largest absolute Gasteiger partial charge is 0.340 e. The SMILES string of the molecule is CN(CC(C)(C)CN)C(=O)c1csc(-c2ccc(F)cc2)n1.Cl.Cl. The minimum atomic E-state index is -0.291. The van der Waals surface area contributed by atoms with E-state index < -0.39 is 0 Å². The number of nitrogens with zero attached hydrogens (tertiary/aromatic N) is 2. The zero-order chi connectivity index (χ0) is 16.3. The molecule has 0 atom stereocenters. The van der Waals surface area contributed by atoms with Crippen LogP contribution in [0.5, 0.6) is 0 Å². The van der Waals surface area contributed by atoms with E-state index >= 15 is 0 Å². The molecule has 0 aliphatic rings. The van der Waals surface area contributed by atoms with E-state index in [1.54, 1.807) is 29.5 Å². The van der Waals surface area contributed by atoms with Crippen LogP contribution in [0.1, 0.15) is 24.3 Å². The van der Waals surface area contributed by atoms with Gasteiger partial charge in [-0.25, -0.2) is 9.37 Å². The summed E-state index contributed by atoms with van der Waals surface area (Å²) >= 11 is 1.37. The molecule has 0 fully saturated rings. The molecule has 0 bridgehead atoms. The van der Waals surface area contributed by atoms with Crippen LogP contribution < -0.4 is 5.73 Å². The molecule has 0 spiro atoms. The van der Waals surface area contributed by atoms with Gasteiger partial charge in [0.15, 0.2) is 0 Å². The monoisotopic (exact) mass is 393 g/mol. The zero-order valence-corrected chi connectivity index (χ0v) is 16.2. The van der Waals surface area contributed by atoms with Crippen LogP contribution in [-0.2, 0) is 0 Å². The summed E-state index contributed by atoms with van der Waals surface area (Å²) in [6.07, 6.45) is 0. The van der Waals surface area contributed by atoms with Gasteiger partial charge >= 0.3 is 0 Å². The summed E-state index contributed by atoms with van der Waals surface area (Å²) in [5.74, 6) is -0.425. The quantitative estimate of drug-likeness (QED) is 0.838. The lowest BCUT2D eigenvalue weighted by molar-refractivity contribution is 0.0735. The first-order valence-electron chi connectivity index (χ1n) is 6.99. The van der Waals surface area contributed by atoms with E-state index in [-0.39, 0.29) is 42.0 Å². The van der Waals surface area contributed by atoms with Gasteiger partial charge in [0, 0.05) is 24.5 Å². The molecule has 1 heterocycles. The summed E-state index contributed by atoms with van der Waals surface area (Å²) in [6, 6.07) is 6.08. The maximum absolute atomic E-state index is 12.9. The first kappa shape index (κ1) is 22.8. The van der Waals surface area contributed by atoms with E-state index in [0.29, 0.717) is 23.8 Å². The Kier molecular flexibility index (Phi) is 8.85. The van der Waals surface area contributed by atoms with E-state index in [1.165, 1.54) is 23.5 Å². The number of aromatic nitrogens is 1. The summed E-state index contributed by atoms with van der Waals surface area (Å²) in [4.78, 5) is 18.4. The third-order valence-electron chi connectivity index (χ3n) is 3.38. The van der Waals surface area contributed by atoms with Crippen LogP contribution in [0.25, 0.3) is 10.6 Å². The number of hydrogen-bond acceptors (Lipinski definition) is 4. The molecule has 2 rings (SSSR count). The summed E-state index contributed by atoms with van der Waals surface area (Å²) in [5, 5.41) is 2.43. The molecule has 0 aliphatic carbocycles. The molecule has 4 nitrogen and oxygen atoms in total. The molecule has 8 heteroatoms. The van der Waals surface area contributed by atoms with Crippen molar-refractivity contribution < 1.29 is 9.18 Å². The molecule has 0 unspecified atom stereocenters. The van der Waals surface area contributed by atoms with Crippen molar-refractivity contribution in [3.63, 3.8) is 0 Å². The number of hydrogen-bond donors (Lipinski definition) is 1. The lowest BCUT2D eigenvalue weighted by Gasteiger charge is -2.28. The van der Waals surface area contributed by atoms with Gasteiger partial charge in [0.05, 0.1) is 0 Å². The van der Waals surface area contributed by atoms with E-state index in [9.17, 15) is 9.18 Å². The molecule has 2 N–H and O–H groups in total. The van der Waals surface area contributed by atoms with E-state index in [1.807, 2.05) is 13.8 Å². The second-order valence-corrected chi connectivity index (χ2v) is 6.93. The lowest BCUT2D eigenvalue weighted by Crippen LogP contribution is -2.39. The molecular formula is C16H22Cl2FN3OS. The van der Waals surface area contributed by atoms with Crippen LogP contribution >= 0.6 is 36.2 Å². The Bertz CT molecular complexity index is 662. The molecule has 1 aromatic heterocycles. The molecule has 2 aromatic rings. The van der Waals surface area contributed by atoms with Crippen LogP contribution in [-0.4, -0.2) is 35.9 Å². The molecule has 1 amide bonds. The predicted molar refractivity (Wildman–Crippen MR) is 102 cm³/mol. The zero-order valence-electron chi connectivity index (χ0n) is 13.8. The van der Waals surface area contributed by atoms with E-state index in [4.69, 9.17) is 5.73 Å². The summed E-state index contributed by atoms with van der Waals surface area (Å²) in [7, 11) is 1.75. The fourth-order valence-corrected chi connectivity index (χ4v) is 2.87. The van der Waals surface area contributed by atoms with Gasteiger partial charge in [-0.2, -0.15) is 0 Å². The van der Waals surface area contributed by atoms with Crippen molar-refractivity contribution in [3.8, 4) is 10.6 Å². The minimum absolute atomic E-state index is 0. The Morgan fingerprint density at radius 2 is 1.88 bits per heavy atom. The Morgan fingerprint density at radius 3 is 2.42 bits per heavy atom. The van der Waals surface area contributed by atoms with Gasteiger partial charge in [-0.3, -0.25) is 4.79 Å². The van der Waals surface area contributed by atoms with Crippen LogP contribution in [0.2, 0.25) is 0 Å². The van der Waals surface area contributed by atoms with Crippen LogP contribution in [0.15, 0.2) is 29.6 Å². The maximum atomic E-state index is 12.9. The van der Waals surface area contributed by atoms with Crippen molar-refractivity contribution >= 4 is 42.1 Å². The summed E-state index contributed by atoms with van der Waals surface area (Å²) < 4.78 is 12.9. The number of carbonyl (C=O) groups excluding carboxylic acids is 1. The number of benzene rings is 1. The smallest absolute Gasteiger partial charge is 0.273 e. The van der Waals surface area contributed by atoms with Gasteiger partial charge in [-0.05, 0) is 36.2 Å². The molecule has 134 valence electrons. The molecule has 0 saturated carbocycles. The molecule has 0 radical (unpaired) electrons. The Balaban J connectivity index is 0.00000264. The van der Waals surface area contributed by atoms with Crippen LogP contribution in [0, 0.1) is 11.2 Å². The maximum Gasteiger partial charge on any atom is 0.273 e. The highest BCUT2D eigenvalue weighted by molar-refractivity contribution is 7.13. The van der Waals surface area contributed by atoms with Gasteiger partial charge in [0.1, 0.15) is 16.5 Å². The third-order valence-corrected chi connectivity index (χ3v) is 4.27. The molecule has 0 aliphatic heterocycles. The number of nitrogens with two attached hydrogens (primary N) is 1. The van der Waals surface area contributed by atoms with Crippen molar-refractivity contribution in [2.45, 2.75) is 13.8 Å². The molecule has 0 saturated heterocycles. The molecule has 1 aromatic carbocycles. The average Bonchev–Trinajstić information content (AvgIpc) is 2.96. The van der Waals surface area contributed by atoms with E-state index in [0.717, 1.165) is 5.56 Å². The number of halogens is 3. The van der Waals surface area contributed by atoms with Gasteiger partial charge in [0.25, 0.3) is 5.91 Å². The van der Waals surface area contributed by atoms with E-state index in [2.05, 4.69) is 4.98 Å². The fraction of sp³-hybridized carbons (Fsp3) is 0.375. The number of amides is 1.